The van der Waals surface area contributed by atoms with E-state index in [0.717, 1.165) is 15.7 Å². The summed E-state index contributed by atoms with van der Waals surface area (Å²) in [6, 6.07) is 11.4. The van der Waals surface area contributed by atoms with Gasteiger partial charge in [0.25, 0.3) is 5.91 Å². The molecule has 0 saturated carbocycles. The van der Waals surface area contributed by atoms with Crippen LogP contribution in [0, 0.1) is 0 Å². The average molecular weight is 368 g/mol. The highest BCUT2D eigenvalue weighted by Gasteiger charge is 2.15. The summed E-state index contributed by atoms with van der Waals surface area (Å²) >= 11 is 9.51. The maximum atomic E-state index is 11.3. The quantitative estimate of drug-likeness (QED) is 0.860. The third kappa shape index (κ3) is 3.14. The standard InChI is InChI=1S/C15H12BrClN2O2/c16-15-10(17)2-1-3-11(15)18-7-9-4-5-13-12(6-9)19-14(20)8-21-13/h1-6,18H,7-8H2,(H,19,20). The molecular formula is C15H12BrClN2O2. The van der Waals surface area contributed by atoms with Crippen LogP contribution in [0.4, 0.5) is 11.4 Å². The van der Waals surface area contributed by atoms with Gasteiger partial charge in [0, 0.05) is 6.54 Å². The molecule has 0 spiro atoms. The Morgan fingerprint density at radius 1 is 1.33 bits per heavy atom. The van der Waals surface area contributed by atoms with E-state index >= 15 is 0 Å². The van der Waals surface area contributed by atoms with Crippen LogP contribution in [0.15, 0.2) is 40.9 Å². The Balaban J connectivity index is 1.75. The number of carbonyl (C=O) groups is 1. The van der Waals surface area contributed by atoms with Crippen LogP contribution >= 0.6 is 27.5 Å². The Kier molecular flexibility index (Phi) is 4.03. The maximum Gasteiger partial charge on any atom is 0.262 e. The monoisotopic (exact) mass is 366 g/mol. The third-order valence-corrected chi connectivity index (χ3v) is 4.51. The molecule has 0 radical (unpaired) electrons. The van der Waals surface area contributed by atoms with Gasteiger partial charge in [-0.3, -0.25) is 4.79 Å². The van der Waals surface area contributed by atoms with E-state index in [-0.39, 0.29) is 12.5 Å². The van der Waals surface area contributed by atoms with E-state index in [1.165, 1.54) is 0 Å². The Labute approximate surface area is 135 Å². The predicted octanol–water partition coefficient (Wildman–Crippen LogP) is 4.05. The van der Waals surface area contributed by atoms with Gasteiger partial charge in [0.15, 0.2) is 6.61 Å². The predicted molar refractivity (Wildman–Crippen MR) is 87.0 cm³/mol. The number of halogens is 2. The number of anilines is 2. The molecule has 2 aromatic carbocycles. The van der Waals surface area contributed by atoms with Crippen LogP contribution in [-0.2, 0) is 11.3 Å². The van der Waals surface area contributed by atoms with Gasteiger partial charge in [-0.2, -0.15) is 0 Å². The van der Waals surface area contributed by atoms with E-state index in [4.69, 9.17) is 16.3 Å². The van der Waals surface area contributed by atoms with Crippen molar-refractivity contribution in [2.75, 3.05) is 17.2 Å². The number of hydrogen-bond donors (Lipinski definition) is 2. The zero-order valence-corrected chi connectivity index (χ0v) is 13.3. The molecule has 0 aromatic heterocycles. The molecule has 0 fully saturated rings. The van der Waals surface area contributed by atoms with Crippen LogP contribution in [0.5, 0.6) is 5.75 Å². The van der Waals surface area contributed by atoms with Gasteiger partial charge in [-0.25, -0.2) is 0 Å². The topological polar surface area (TPSA) is 50.4 Å². The van der Waals surface area contributed by atoms with Crippen LogP contribution in [0.1, 0.15) is 5.56 Å². The molecule has 0 bridgehead atoms. The first-order valence-corrected chi connectivity index (χ1v) is 7.54. The largest absolute Gasteiger partial charge is 0.482 e. The lowest BCUT2D eigenvalue weighted by Crippen LogP contribution is -2.25. The van der Waals surface area contributed by atoms with Crippen LogP contribution in [-0.4, -0.2) is 12.5 Å². The van der Waals surface area contributed by atoms with E-state index in [2.05, 4.69) is 26.6 Å². The van der Waals surface area contributed by atoms with Gasteiger partial charge in [-0.1, -0.05) is 23.7 Å². The highest BCUT2D eigenvalue weighted by molar-refractivity contribution is 9.10. The molecule has 6 heteroatoms. The fourth-order valence-electron chi connectivity index (χ4n) is 2.08. The van der Waals surface area contributed by atoms with Crippen molar-refractivity contribution in [3.63, 3.8) is 0 Å². The number of nitrogens with one attached hydrogen (secondary N) is 2. The molecule has 2 N–H and O–H groups in total. The first kappa shape index (κ1) is 14.2. The molecule has 108 valence electrons. The number of carbonyl (C=O) groups excluding carboxylic acids is 1. The van der Waals surface area contributed by atoms with Gasteiger partial charge in [-0.15, -0.1) is 0 Å². The number of ether oxygens (including phenoxy) is 1. The fraction of sp³-hybridized carbons (Fsp3) is 0.133. The molecule has 4 nitrogen and oxygen atoms in total. The van der Waals surface area contributed by atoms with Crippen molar-refractivity contribution < 1.29 is 9.53 Å². The first-order chi connectivity index (χ1) is 10.1. The van der Waals surface area contributed by atoms with Gasteiger partial charge in [-0.05, 0) is 45.8 Å². The number of benzene rings is 2. The van der Waals surface area contributed by atoms with E-state index < -0.39 is 0 Å². The summed E-state index contributed by atoms with van der Waals surface area (Å²) in [5.74, 6) is 0.562. The summed E-state index contributed by atoms with van der Waals surface area (Å²) in [6.45, 7) is 0.683. The molecular weight excluding hydrogens is 356 g/mol. The molecule has 1 amide bonds. The van der Waals surface area contributed by atoms with Crippen LogP contribution in [0.3, 0.4) is 0 Å². The molecule has 3 rings (SSSR count). The van der Waals surface area contributed by atoms with Gasteiger partial charge < -0.3 is 15.4 Å². The van der Waals surface area contributed by atoms with Crippen molar-refractivity contribution in [2.24, 2.45) is 0 Å². The van der Waals surface area contributed by atoms with Crippen molar-refractivity contribution in [3.05, 3.63) is 51.5 Å². The van der Waals surface area contributed by atoms with E-state index in [1.54, 1.807) is 0 Å². The highest BCUT2D eigenvalue weighted by atomic mass is 79.9. The second kappa shape index (κ2) is 5.95. The van der Waals surface area contributed by atoms with Gasteiger partial charge in [0.1, 0.15) is 5.75 Å². The number of amides is 1. The Hall–Kier alpha value is -1.72. The van der Waals surface area contributed by atoms with E-state index in [0.29, 0.717) is 23.0 Å². The SMILES string of the molecule is O=C1COc2ccc(CNc3cccc(Cl)c3Br)cc2N1. The minimum absolute atomic E-state index is 0.0695. The summed E-state index contributed by atoms with van der Waals surface area (Å²) in [4.78, 5) is 11.3. The molecule has 0 aliphatic carbocycles. The average Bonchev–Trinajstić information content (AvgIpc) is 2.48. The Morgan fingerprint density at radius 2 is 2.19 bits per heavy atom. The molecule has 0 unspecified atom stereocenters. The van der Waals surface area contributed by atoms with Crippen LogP contribution < -0.4 is 15.4 Å². The minimum atomic E-state index is -0.134. The number of rotatable bonds is 3. The molecule has 1 aliphatic rings. The summed E-state index contributed by atoms with van der Waals surface area (Å²) in [5, 5.41) is 6.76. The van der Waals surface area contributed by atoms with E-state index in [9.17, 15) is 4.79 Å². The van der Waals surface area contributed by atoms with Crippen LogP contribution in [0.25, 0.3) is 0 Å². The van der Waals surface area contributed by atoms with Crippen molar-refractivity contribution >= 4 is 44.8 Å². The lowest BCUT2D eigenvalue weighted by molar-refractivity contribution is -0.118. The van der Waals surface area contributed by atoms with Gasteiger partial charge >= 0.3 is 0 Å². The summed E-state index contributed by atoms with van der Waals surface area (Å²) < 4.78 is 6.17. The fourth-order valence-corrected chi connectivity index (χ4v) is 2.66. The molecule has 1 aliphatic heterocycles. The molecule has 21 heavy (non-hydrogen) atoms. The lowest BCUT2D eigenvalue weighted by Gasteiger charge is -2.19. The zero-order valence-electron chi connectivity index (χ0n) is 11.0. The minimum Gasteiger partial charge on any atom is -0.482 e. The smallest absolute Gasteiger partial charge is 0.262 e. The van der Waals surface area contributed by atoms with E-state index in [1.807, 2.05) is 36.4 Å². The molecule has 1 heterocycles. The molecule has 0 atom stereocenters. The van der Waals surface area contributed by atoms with Crippen molar-refractivity contribution in [2.45, 2.75) is 6.54 Å². The third-order valence-electron chi connectivity index (χ3n) is 3.11. The van der Waals surface area contributed by atoms with Gasteiger partial charge in [0.05, 0.1) is 20.9 Å². The summed E-state index contributed by atoms with van der Waals surface area (Å²) in [6.07, 6.45) is 0. The zero-order chi connectivity index (χ0) is 14.8. The first-order valence-electron chi connectivity index (χ1n) is 6.37. The second-order valence-electron chi connectivity index (χ2n) is 4.62. The highest BCUT2D eigenvalue weighted by Crippen LogP contribution is 2.31. The maximum absolute atomic E-state index is 11.3. The normalized spacial score (nSPS) is 13.1. The van der Waals surface area contributed by atoms with Crippen LogP contribution in [0.2, 0.25) is 5.02 Å². The molecule has 0 saturated heterocycles. The summed E-state index contributed by atoms with van der Waals surface area (Å²) in [5.41, 5.74) is 2.66. The van der Waals surface area contributed by atoms with Gasteiger partial charge in [0.2, 0.25) is 0 Å². The lowest BCUT2D eigenvalue weighted by atomic mass is 10.1. The van der Waals surface area contributed by atoms with Crippen molar-refractivity contribution in [3.8, 4) is 5.75 Å². The Morgan fingerprint density at radius 3 is 3.05 bits per heavy atom. The second-order valence-corrected chi connectivity index (χ2v) is 5.82. The number of hydrogen-bond acceptors (Lipinski definition) is 3. The Bertz CT molecular complexity index is 706. The number of fused-ring (bicyclic) bond motifs is 1. The summed E-state index contributed by atoms with van der Waals surface area (Å²) in [7, 11) is 0. The molecule has 2 aromatic rings. The van der Waals surface area contributed by atoms with Crippen molar-refractivity contribution in [1.82, 2.24) is 0 Å². The van der Waals surface area contributed by atoms with Crippen molar-refractivity contribution in [1.29, 1.82) is 0 Å².